The van der Waals surface area contributed by atoms with Crippen LogP contribution in [0.3, 0.4) is 0 Å². The van der Waals surface area contributed by atoms with Crippen LogP contribution < -0.4 is 10.1 Å². The number of furan rings is 1. The zero-order chi connectivity index (χ0) is 19.1. The van der Waals surface area contributed by atoms with Crippen LogP contribution in [0, 0.1) is 0 Å². The van der Waals surface area contributed by atoms with E-state index in [9.17, 15) is 4.79 Å². The number of aryl methyl sites for hydroxylation is 1. The minimum atomic E-state index is -0.436. The van der Waals surface area contributed by atoms with E-state index in [0.29, 0.717) is 37.5 Å². The predicted molar refractivity (Wildman–Crippen MR) is 103 cm³/mol. The fourth-order valence-electron chi connectivity index (χ4n) is 2.97. The van der Waals surface area contributed by atoms with Crippen molar-refractivity contribution >= 4 is 16.9 Å². The third-order valence-electron chi connectivity index (χ3n) is 4.18. The molecule has 1 N–H and O–H groups in total. The Labute approximate surface area is 158 Å². The SMILES string of the molecule is CCOC(=O)c1oc2cccc(OCCNCc3cccnc3)c2c1CC. The molecule has 0 aliphatic carbocycles. The number of fused-ring (bicyclic) bond motifs is 1. The van der Waals surface area contributed by atoms with E-state index in [-0.39, 0.29) is 5.76 Å². The summed E-state index contributed by atoms with van der Waals surface area (Å²) in [6.07, 6.45) is 4.25. The van der Waals surface area contributed by atoms with Crippen molar-refractivity contribution in [2.24, 2.45) is 0 Å². The maximum atomic E-state index is 12.2. The molecule has 1 aromatic carbocycles. The number of ether oxygens (including phenoxy) is 2. The van der Waals surface area contributed by atoms with Crippen molar-refractivity contribution in [1.29, 1.82) is 0 Å². The number of aromatic nitrogens is 1. The highest BCUT2D eigenvalue weighted by Gasteiger charge is 2.22. The Morgan fingerprint density at radius 2 is 2.11 bits per heavy atom. The number of hydrogen-bond donors (Lipinski definition) is 1. The Bertz CT molecular complexity index is 890. The van der Waals surface area contributed by atoms with Crippen LogP contribution in [0.15, 0.2) is 47.1 Å². The van der Waals surface area contributed by atoms with Crippen molar-refractivity contribution in [3.05, 3.63) is 59.6 Å². The van der Waals surface area contributed by atoms with Gasteiger partial charge in [0.1, 0.15) is 17.9 Å². The number of nitrogens with zero attached hydrogens (tertiary/aromatic N) is 1. The summed E-state index contributed by atoms with van der Waals surface area (Å²) in [6.45, 7) is 6.00. The molecule has 3 rings (SSSR count). The van der Waals surface area contributed by atoms with Gasteiger partial charge in [-0.1, -0.05) is 19.1 Å². The molecule has 0 saturated carbocycles. The third-order valence-corrected chi connectivity index (χ3v) is 4.18. The number of hydrogen-bond acceptors (Lipinski definition) is 6. The number of pyridine rings is 1. The van der Waals surface area contributed by atoms with Crippen molar-refractivity contribution in [2.45, 2.75) is 26.8 Å². The summed E-state index contributed by atoms with van der Waals surface area (Å²) in [4.78, 5) is 16.3. The van der Waals surface area contributed by atoms with Gasteiger partial charge in [-0.3, -0.25) is 4.98 Å². The van der Waals surface area contributed by atoms with E-state index in [4.69, 9.17) is 13.9 Å². The van der Waals surface area contributed by atoms with Crippen LogP contribution in [-0.2, 0) is 17.7 Å². The van der Waals surface area contributed by atoms with Gasteiger partial charge in [-0.2, -0.15) is 0 Å². The smallest absolute Gasteiger partial charge is 0.374 e. The highest BCUT2D eigenvalue weighted by Crippen LogP contribution is 2.34. The molecule has 2 aromatic heterocycles. The summed E-state index contributed by atoms with van der Waals surface area (Å²) in [5.74, 6) is 0.543. The number of benzene rings is 1. The van der Waals surface area contributed by atoms with Crippen LogP contribution >= 0.6 is 0 Å². The summed E-state index contributed by atoms with van der Waals surface area (Å²) in [5, 5.41) is 4.17. The summed E-state index contributed by atoms with van der Waals surface area (Å²) < 4.78 is 16.8. The van der Waals surface area contributed by atoms with Crippen molar-refractivity contribution in [2.75, 3.05) is 19.8 Å². The van der Waals surface area contributed by atoms with E-state index in [1.807, 2.05) is 43.5 Å². The molecular weight excluding hydrogens is 344 g/mol. The number of carbonyl (C=O) groups is 1. The Balaban J connectivity index is 1.68. The lowest BCUT2D eigenvalue weighted by Crippen LogP contribution is -2.20. The van der Waals surface area contributed by atoms with E-state index in [1.54, 1.807) is 13.1 Å². The van der Waals surface area contributed by atoms with Crippen LogP contribution in [0.4, 0.5) is 0 Å². The third kappa shape index (κ3) is 4.46. The summed E-state index contributed by atoms with van der Waals surface area (Å²) in [7, 11) is 0. The minimum Gasteiger partial charge on any atom is -0.491 e. The van der Waals surface area contributed by atoms with Gasteiger partial charge in [-0.05, 0) is 37.1 Å². The van der Waals surface area contributed by atoms with E-state index < -0.39 is 5.97 Å². The largest absolute Gasteiger partial charge is 0.491 e. The van der Waals surface area contributed by atoms with Crippen molar-refractivity contribution in [3.8, 4) is 5.75 Å². The molecule has 0 aliphatic rings. The number of nitrogens with one attached hydrogen (secondary N) is 1. The minimum absolute atomic E-state index is 0.264. The standard InChI is InChI=1S/C21H24N2O4/c1-3-16-19-17(26-12-11-23-14-15-7-6-10-22-13-15)8-5-9-18(19)27-20(16)21(24)25-4-2/h5-10,13,23H,3-4,11-12,14H2,1-2H3. The first kappa shape index (κ1) is 18.9. The van der Waals surface area contributed by atoms with E-state index in [0.717, 1.165) is 23.1 Å². The van der Waals surface area contributed by atoms with Crippen LogP contribution in [0.25, 0.3) is 11.0 Å². The quantitative estimate of drug-likeness (QED) is 0.458. The van der Waals surface area contributed by atoms with Crippen LogP contribution in [-0.4, -0.2) is 30.7 Å². The topological polar surface area (TPSA) is 73.6 Å². The van der Waals surface area contributed by atoms with Crippen molar-refractivity contribution < 1.29 is 18.7 Å². The summed E-state index contributed by atoms with van der Waals surface area (Å²) in [5.41, 5.74) is 2.58. The van der Waals surface area contributed by atoms with Gasteiger partial charge in [-0.25, -0.2) is 4.79 Å². The molecule has 0 amide bonds. The van der Waals surface area contributed by atoms with Gasteiger partial charge in [-0.15, -0.1) is 0 Å². The Morgan fingerprint density at radius 3 is 2.85 bits per heavy atom. The number of esters is 1. The molecule has 142 valence electrons. The summed E-state index contributed by atoms with van der Waals surface area (Å²) >= 11 is 0. The molecule has 6 nitrogen and oxygen atoms in total. The first-order valence-electron chi connectivity index (χ1n) is 9.18. The fraction of sp³-hybridized carbons (Fsp3) is 0.333. The van der Waals surface area contributed by atoms with Gasteiger partial charge in [0, 0.05) is 31.0 Å². The number of rotatable bonds is 9. The zero-order valence-corrected chi connectivity index (χ0v) is 15.7. The highest BCUT2D eigenvalue weighted by molar-refractivity contribution is 5.98. The van der Waals surface area contributed by atoms with E-state index in [1.165, 1.54) is 0 Å². The lowest BCUT2D eigenvalue weighted by molar-refractivity contribution is 0.0491. The molecule has 0 fully saturated rings. The van der Waals surface area contributed by atoms with Gasteiger partial charge in [0.25, 0.3) is 0 Å². The van der Waals surface area contributed by atoms with Crippen LogP contribution in [0.2, 0.25) is 0 Å². The van der Waals surface area contributed by atoms with Crippen LogP contribution in [0.1, 0.15) is 35.5 Å². The average molecular weight is 368 g/mol. The van der Waals surface area contributed by atoms with E-state index in [2.05, 4.69) is 10.3 Å². The van der Waals surface area contributed by atoms with Crippen molar-refractivity contribution in [1.82, 2.24) is 10.3 Å². The molecule has 0 atom stereocenters. The van der Waals surface area contributed by atoms with Crippen LogP contribution in [0.5, 0.6) is 5.75 Å². The van der Waals surface area contributed by atoms with Crippen molar-refractivity contribution in [3.63, 3.8) is 0 Å². The zero-order valence-electron chi connectivity index (χ0n) is 15.7. The van der Waals surface area contributed by atoms with Gasteiger partial charge in [0.2, 0.25) is 5.76 Å². The first-order valence-corrected chi connectivity index (χ1v) is 9.18. The molecule has 0 unspecified atom stereocenters. The van der Waals surface area contributed by atoms with E-state index >= 15 is 0 Å². The Morgan fingerprint density at radius 1 is 1.22 bits per heavy atom. The van der Waals surface area contributed by atoms with Gasteiger partial charge >= 0.3 is 5.97 Å². The maximum Gasteiger partial charge on any atom is 0.374 e. The maximum absolute atomic E-state index is 12.2. The number of carbonyl (C=O) groups excluding carboxylic acids is 1. The Kier molecular flexibility index (Phi) is 6.44. The summed E-state index contributed by atoms with van der Waals surface area (Å²) in [6, 6.07) is 9.54. The predicted octanol–water partition coefficient (Wildman–Crippen LogP) is 3.74. The molecule has 0 aliphatic heterocycles. The highest BCUT2D eigenvalue weighted by atomic mass is 16.5. The molecule has 0 saturated heterocycles. The van der Waals surface area contributed by atoms with Gasteiger partial charge in [0.05, 0.1) is 12.0 Å². The molecule has 0 spiro atoms. The Hall–Kier alpha value is -2.86. The second-order valence-corrected chi connectivity index (χ2v) is 6.00. The molecule has 6 heteroatoms. The monoisotopic (exact) mass is 368 g/mol. The lowest BCUT2D eigenvalue weighted by atomic mass is 10.1. The normalized spacial score (nSPS) is 10.9. The second kappa shape index (κ2) is 9.19. The molecule has 27 heavy (non-hydrogen) atoms. The molecule has 0 radical (unpaired) electrons. The molecule has 2 heterocycles. The first-order chi connectivity index (χ1) is 13.2. The molecule has 0 bridgehead atoms. The second-order valence-electron chi connectivity index (χ2n) is 6.00. The van der Waals surface area contributed by atoms with Gasteiger partial charge < -0.3 is 19.2 Å². The fourth-order valence-corrected chi connectivity index (χ4v) is 2.97. The molecule has 3 aromatic rings. The average Bonchev–Trinajstić information content (AvgIpc) is 3.08. The lowest BCUT2D eigenvalue weighted by Gasteiger charge is -2.09. The van der Waals surface area contributed by atoms with Gasteiger partial charge in [0.15, 0.2) is 0 Å². The molecular formula is C21H24N2O4.